The summed E-state index contributed by atoms with van der Waals surface area (Å²) >= 11 is 1.38. The molecular weight excluding hydrogens is 586 g/mol. The van der Waals surface area contributed by atoms with E-state index in [2.05, 4.69) is 10.3 Å². The van der Waals surface area contributed by atoms with Crippen molar-refractivity contribution in [2.45, 2.75) is 76.6 Å². The molecule has 2 aliphatic rings. The van der Waals surface area contributed by atoms with Gasteiger partial charge in [0.25, 0.3) is 5.91 Å². The van der Waals surface area contributed by atoms with Crippen molar-refractivity contribution in [1.29, 1.82) is 0 Å². The van der Waals surface area contributed by atoms with Crippen molar-refractivity contribution in [2.75, 3.05) is 20.2 Å². The van der Waals surface area contributed by atoms with E-state index < -0.39 is 35.7 Å². The predicted molar refractivity (Wildman–Crippen MR) is 161 cm³/mol. The van der Waals surface area contributed by atoms with Gasteiger partial charge in [0, 0.05) is 24.9 Å². The fraction of sp³-hybridized carbons (Fsp3) is 0.484. The average Bonchev–Trinajstić information content (AvgIpc) is 3.81. The van der Waals surface area contributed by atoms with E-state index in [-0.39, 0.29) is 23.5 Å². The zero-order chi connectivity index (χ0) is 31.4. The Hall–Kier alpha value is -4.26. The van der Waals surface area contributed by atoms with Gasteiger partial charge >= 0.3 is 12.1 Å². The third-order valence-electron chi connectivity index (χ3n) is 7.54. The zero-order valence-corrected chi connectivity index (χ0v) is 26.1. The number of rotatable bonds is 8. The van der Waals surface area contributed by atoms with Crippen LogP contribution in [-0.2, 0) is 25.5 Å². The Bertz CT molecular complexity index is 1500. The molecule has 234 valence electrons. The molecule has 12 nitrogen and oxygen atoms in total. The monoisotopic (exact) mass is 623 g/mol. The molecule has 0 unspecified atom stereocenters. The summed E-state index contributed by atoms with van der Waals surface area (Å²) in [6, 6.07) is 7.76. The van der Waals surface area contributed by atoms with Crippen LogP contribution in [0.5, 0.6) is 0 Å². The molecule has 0 aliphatic carbocycles. The Morgan fingerprint density at radius 3 is 2.52 bits per heavy atom. The molecule has 44 heavy (non-hydrogen) atoms. The second-order valence-electron chi connectivity index (χ2n) is 11.9. The first-order chi connectivity index (χ1) is 21.0. The van der Waals surface area contributed by atoms with E-state index in [1.54, 1.807) is 31.1 Å². The lowest BCUT2D eigenvalue weighted by atomic mass is 10.0. The standard InChI is InChI=1S/C31H37N5O7S/c1-31(2,3)43-30(40)34-20(16-19-10-6-5-7-11-19)27(37)35-14-8-12-23(35)26-33-22(18-44-26)25-32-21(17-42-25)28(38)36-15-9-13-24(36)29(39)41-4/h5-7,10-11,17-18,20,23-24H,8-9,12-16H2,1-4H3,(H,34,40)/t20-,23+,24+/m1/s1. The molecule has 0 saturated carbocycles. The number of methoxy groups -OCH3 is 1. The second kappa shape index (κ2) is 13.2. The van der Waals surface area contributed by atoms with Gasteiger partial charge in [0.1, 0.15) is 34.6 Å². The molecule has 2 aromatic heterocycles. The molecule has 3 aromatic rings. The summed E-state index contributed by atoms with van der Waals surface area (Å²) in [4.78, 5) is 64.2. The Kier molecular flexibility index (Phi) is 9.33. The SMILES string of the molecule is COC(=O)[C@@H]1CCCN1C(=O)c1coc(-c2csc([C@@H]3CCCN3C(=O)[C@@H](Cc3ccccc3)NC(=O)OC(C)(C)C)n2)n1. The van der Waals surface area contributed by atoms with Crippen LogP contribution in [-0.4, -0.2) is 81.5 Å². The van der Waals surface area contributed by atoms with Crippen molar-refractivity contribution in [1.82, 2.24) is 25.1 Å². The number of thiazole rings is 1. The third-order valence-corrected chi connectivity index (χ3v) is 8.49. The summed E-state index contributed by atoms with van der Waals surface area (Å²) in [5, 5.41) is 5.28. The molecule has 0 radical (unpaired) electrons. The van der Waals surface area contributed by atoms with Crippen LogP contribution in [0.4, 0.5) is 4.79 Å². The first-order valence-electron chi connectivity index (χ1n) is 14.7. The third kappa shape index (κ3) is 7.09. The fourth-order valence-corrected chi connectivity index (χ4v) is 6.49. The van der Waals surface area contributed by atoms with E-state index in [1.165, 1.54) is 29.6 Å². The number of carbonyl (C=O) groups is 4. The van der Waals surface area contributed by atoms with Crippen LogP contribution in [0.15, 0.2) is 46.4 Å². The topological polar surface area (TPSA) is 144 Å². The number of hydrogen-bond donors (Lipinski definition) is 1. The van der Waals surface area contributed by atoms with Crippen molar-refractivity contribution in [3.63, 3.8) is 0 Å². The summed E-state index contributed by atoms with van der Waals surface area (Å²) in [5.74, 6) is -0.896. The van der Waals surface area contributed by atoms with Gasteiger partial charge in [-0.25, -0.2) is 19.6 Å². The molecule has 2 saturated heterocycles. The van der Waals surface area contributed by atoms with Crippen molar-refractivity contribution >= 4 is 35.2 Å². The largest absolute Gasteiger partial charge is 0.467 e. The van der Waals surface area contributed by atoms with Crippen LogP contribution in [0.25, 0.3) is 11.6 Å². The van der Waals surface area contributed by atoms with Crippen LogP contribution in [0.1, 0.15) is 73.6 Å². The number of likely N-dealkylation sites (tertiary alicyclic amines) is 2. The lowest BCUT2D eigenvalue weighted by Crippen LogP contribution is -2.50. The fourth-order valence-electron chi connectivity index (χ4n) is 5.55. The molecule has 1 aromatic carbocycles. The molecule has 5 rings (SSSR count). The van der Waals surface area contributed by atoms with Crippen LogP contribution in [0, 0.1) is 0 Å². The van der Waals surface area contributed by atoms with Gasteiger partial charge in [-0.2, -0.15) is 0 Å². The van der Waals surface area contributed by atoms with Crippen LogP contribution < -0.4 is 5.32 Å². The lowest BCUT2D eigenvalue weighted by molar-refractivity contribution is -0.145. The highest BCUT2D eigenvalue weighted by Crippen LogP contribution is 2.36. The normalized spacial score (nSPS) is 19.1. The minimum Gasteiger partial charge on any atom is -0.467 e. The summed E-state index contributed by atoms with van der Waals surface area (Å²) < 4.78 is 15.9. The molecule has 3 amide bonds. The van der Waals surface area contributed by atoms with E-state index >= 15 is 0 Å². The van der Waals surface area contributed by atoms with Crippen LogP contribution in [0.2, 0.25) is 0 Å². The zero-order valence-electron chi connectivity index (χ0n) is 25.3. The summed E-state index contributed by atoms with van der Waals surface area (Å²) in [6.45, 7) is 6.27. The second-order valence-corrected chi connectivity index (χ2v) is 12.8. The van der Waals surface area contributed by atoms with Crippen LogP contribution in [0.3, 0.4) is 0 Å². The molecule has 0 bridgehead atoms. The molecule has 2 fully saturated rings. The maximum absolute atomic E-state index is 13.9. The molecule has 4 heterocycles. The molecule has 0 spiro atoms. The molecule has 13 heteroatoms. The van der Waals surface area contributed by atoms with Crippen molar-refractivity contribution < 1.29 is 33.1 Å². The van der Waals surface area contributed by atoms with Crippen molar-refractivity contribution in [2.24, 2.45) is 0 Å². The van der Waals surface area contributed by atoms with Gasteiger partial charge in [0.15, 0.2) is 5.69 Å². The number of esters is 1. The van der Waals surface area contributed by atoms with Crippen molar-refractivity contribution in [3.8, 4) is 11.6 Å². The van der Waals surface area contributed by atoms with Gasteiger partial charge in [0.05, 0.1) is 13.2 Å². The Morgan fingerprint density at radius 2 is 1.80 bits per heavy atom. The number of carbonyl (C=O) groups excluding carboxylic acids is 4. The summed E-state index contributed by atoms with van der Waals surface area (Å²) in [6.07, 6.45) is 3.65. The lowest BCUT2D eigenvalue weighted by Gasteiger charge is -2.29. The number of amides is 3. The number of aromatic nitrogens is 2. The highest BCUT2D eigenvalue weighted by molar-refractivity contribution is 7.10. The quantitative estimate of drug-likeness (QED) is 0.362. The van der Waals surface area contributed by atoms with Gasteiger partial charge in [0.2, 0.25) is 11.8 Å². The van der Waals surface area contributed by atoms with Crippen LogP contribution >= 0.6 is 11.3 Å². The number of nitrogens with one attached hydrogen (secondary N) is 1. The number of ether oxygens (including phenoxy) is 2. The average molecular weight is 624 g/mol. The van der Waals surface area contributed by atoms with Gasteiger partial charge in [-0.05, 0) is 52.0 Å². The smallest absolute Gasteiger partial charge is 0.408 e. The molecule has 2 aliphatic heterocycles. The maximum Gasteiger partial charge on any atom is 0.408 e. The number of nitrogens with zero attached hydrogens (tertiary/aromatic N) is 4. The maximum atomic E-state index is 13.9. The van der Waals surface area contributed by atoms with Gasteiger partial charge in [-0.1, -0.05) is 30.3 Å². The minimum atomic E-state index is -0.827. The first kappa shape index (κ1) is 31.2. The highest BCUT2D eigenvalue weighted by atomic mass is 32.1. The summed E-state index contributed by atoms with van der Waals surface area (Å²) in [7, 11) is 1.30. The molecular formula is C31H37N5O7S. The highest BCUT2D eigenvalue weighted by Gasteiger charge is 2.38. The minimum absolute atomic E-state index is 0.0833. The van der Waals surface area contributed by atoms with E-state index in [0.29, 0.717) is 49.5 Å². The molecule has 1 N–H and O–H groups in total. The molecule has 3 atom stereocenters. The first-order valence-corrected chi connectivity index (χ1v) is 15.6. The van der Waals surface area contributed by atoms with E-state index in [9.17, 15) is 19.2 Å². The summed E-state index contributed by atoms with van der Waals surface area (Å²) in [5.41, 5.74) is 0.733. The number of hydrogen-bond acceptors (Lipinski definition) is 10. The Balaban J connectivity index is 1.31. The van der Waals surface area contributed by atoms with E-state index in [1.807, 2.05) is 30.3 Å². The van der Waals surface area contributed by atoms with Crippen molar-refractivity contribution in [3.05, 3.63) is 58.2 Å². The number of benzene rings is 1. The Labute approximate surface area is 259 Å². The number of alkyl carbamates (subject to hydrolysis) is 1. The number of oxazole rings is 1. The Morgan fingerprint density at radius 1 is 1.07 bits per heavy atom. The van der Waals surface area contributed by atoms with E-state index in [0.717, 1.165) is 12.0 Å². The van der Waals surface area contributed by atoms with Gasteiger partial charge in [-0.15, -0.1) is 11.3 Å². The van der Waals surface area contributed by atoms with Gasteiger partial charge < -0.3 is 29.0 Å². The predicted octanol–water partition coefficient (Wildman–Crippen LogP) is 4.38. The van der Waals surface area contributed by atoms with Gasteiger partial charge in [-0.3, -0.25) is 9.59 Å². The van der Waals surface area contributed by atoms with E-state index in [4.69, 9.17) is 18.9 Å².